The lowest BCUT2D eigenvalue weighted by Crippen LogP contribution is -2.61. The highest BCUT2D eigenvalue weighted by molar-refractivity contribution is 7.52. The highest BCUT2D eigenvalue weighted by Gasteiger charge is 2.62. The molecular formula is C22H30N3O10P. The first kappa shape index (κ1) is 26.5. The third kappa shape index (κ3) is 5.41. The predicted octanol–water partition coefficient (Wildman–Crippen LogP) is 0.918. The Morgan fingerprint density at radius 1 is 1.36 bits per heavy atom. The number of nitrogens with one attached hydrogen (secondary N) is 2. The van der Waals surface area contributed by atoms with Crippen molar-refractivity contribution in [3.8, 4) is 5.75 Å². The van der Waals surface area contributed by atoms with Crippen LogP contribution in [0.15, 0.2) is 30.3 Å². The minimum Gasteiger partial charge on any atom is -0.468 e. The molecule has 3 aliphatic heterocycles. The summed E-state index contributed by atoms with van der Waals surface area (Å²) in [4.78, 5) is 37.4. The quantitative estimate of drug-likeness (QED) is 0.309. The molecule has 0 bridgehead atoms. The van der Waals surface area contributed by atoms with Gasteiger partial charge in [0.05, 0.1) is 13.7 Å². The van der Waals surface area contributed by atoms with E-state index < -0.39 is 62.3 Å². The Bertz CT molecular complexity index is 1020. The fourth-order valence-electron chi connectivity index (χ4n) is 4.54. The lowest BCUT2D eigenvalue weighted by atomic mass is 9.90. The third-order valence-electron chi connectivity index (χ3n) is 6.31. The van der Waals surface area contributed by atoms with Gasteiger partial charge in [0.1, 0.15) is 29.6 Å². The summed E-state index contributed by atoms with van der Waals surface area (Å²) < 4.78 is 41.5. The van der Waals surface area contributed by atoms with Crippen molar-refractivity contribution < 1.29 is 47.3 Å². The summed E-state index contributed by atoms with van der Waals surface area (Å²) in [6.07, 6.45) is -2.17. The molecule has 0 radical (unpaired) electrons. The van der Waals surface area contributed by atoms with E-state index in [1.54, 1.807) is 30.3 Å². The molecule has 1 spiro atoms. The van der Waals surface area contributed by atoms with Crippen LogP contribution in [0.5, 0.6) is 5.75 Å². The first-order valence-electron chi connectivity index (χ1n) is 11.6. The van der Waals surface area contributed by atoms with Crippen molar-refractivity contribution in [2.24, 2.45) is 0 Å². The molecule has 3 amide bonds. The molecule has 3 unspecified atom stereocenters. The molecule has 1 aromatic carbocycles. The van der Waals surface area contributed by atoms with Crippen LogP contribution in [0.2, 0.25) is 0 Å². The van der Waals surface area contributed by atoms with Crippen molar-refractivity contribution in [3.63, 3.8) is 0 Å². The largest absolute Gasteiger partial charge is 0.468 e. The Morgan fingerprint density at radius 2 is 2.11 bits per heavy atom. The SMILES string of the molecule is COC(=O)[C@H](C)NP(=O)(OCC1OC(N2CCC(=O)NC2=O)[C@@]2(CCCO2)[C@@H]1O)Oc1ccccc1. The second-order valence-electron chi connectivity index (χ2n) is 8.75. The van der Waals surface area contributed by atoms with E-state index in [2.05, 4.69) is 15.1 Å². The predicted molar refractivity (Wildman–Crippen MR) is 123 cm³/mol. The zero-order chi connectivity index (χ0) is 25.9. The molecule has 198 valence electrons. The molecule has 3 N–H and O–H groups in total. The first-order chi connectivity index (χ1) is 17.2. The summed E-state index contributed by atoms with van der Waals surface area (Å²) in [5.41, 5.74) is -1.23. The summed E-state index contributed by atoms with van der Waals surface area (Å²) in [6.45, 7) is 1.47. The van der Waals surface area contributed by atoms with Gasteiger partial charge in [0, 0.05) is 19.6 Å². The van der Waals surface area contributed by atoms with Crippen LogP contribution < -0.4 is 14.9 Å². The monoisotopic (exact) mass is 527 g/mol. The molecule has 3 heterocycles. The van der Waals surface area contributed by atoms with Gasteiger partial charge in [-0.05, 0) is 31.9 Å². The lowest BCUT2D eigenvalue weighted by Gasteiger charge is -2.39. The topological polar surface area (TPSA) is 162 Å². The van der Waals surface area contributed by atoms with Gasteiger partial charge in [-0.1, -0.05) is 18.2 Å². The second-order valence-corrected chi connectivity index (χ2v) is 10.4. The Morgan fingerprint density at radius 3 is 2.75 bits per heavy atom. The maximum Gasteiger partial charge on any atom is 0.459 e. The minimum atomic E-state index is -4.18. The van der Waals surface area contributed by atoms with Crippen LogP contribution in [0.4, 0.5) is 4.79 Å². The van der Waals surface area contributed by atoms with Gasteiger partial charge in [0.15, 0.2) is 6.23 Å². The Kier molecular flexibility index (Phi) is 7.98. The zero-order valence-electron chi connectivity index (χ0n) is 20.0. The van der Waals surface area contributed by atoms with Crippen LogP contribution in [0.1, 0.15) is 26.2 Å². The van der Waals surface area contributed by atoms with Gasteiger partial charge in [-0.15, -0.1) is 0 Å². The summed E-state index contributed by atoms with van der Waals surface area (Å²) in [5.74, 6) is -0.862. The number of nitrogens with zero attached hydrogens (tertiary/aromatic N) is 1. The molecular weight excluding hydrogens is 497 g/mol. The maximum absolute atomic E-state index is 13.6. The van der Waals surface area contributed by atoms with E-state index >= 15 is 0 Å². The van der Waals surface area contributed by atoms with E-state index in [4.69, 9.17) is 18.5 Å². The highest BCUT2D eigenvalue weighted by atomic mass is 31.2. The molecule has 0 aromatic heterocycles. The van der Waals surface area contributed by atoms with Crippen molar-refractivity contribution >= 4 is 25.7 Å². The van der Waals surface area contributed by atoms with Crippen LogP contribution in [0.3, 0.4) is 0 Å². The highest BCUT2D eigenvalue weighted by Crippen LogP contribution is 2.48. The summed E-state index contributed by atoms with van der Waals surface area (Å²) in [7, 11) is -2.99. The van der Waals surface area contributed by atoms with E-state index in [0.29, 0.717) is 19.4 Å². The minimum absolute atomic E-state index is 0.0778. The molecule has 3 aliphatic rings. The Hall–Kier alpha value is -2.54. The van der Waals surface area contributed by atoms with Crippen molar-refractivity contribution in [1.29, 1.82) is 0 Å². The van der Waals surface area contributed by atoms with Crippen molar-refractivity contribution in [3.05, 3.63) is 30.3 Å². The van der Waals surface area contributed by atoms with E-state index in [0.717, 1.165) is 0 Å². The molecule has 1 aromatic rings. The van der Waals surface area contributed by atoms with Gasteiger partial charge in [0.25, 0.3) is 0 Å². The van der Waals surface area contributed by atoms with Gasteiger partial charge in [-0.3, -0.25) is 24.3 Å². The van der Waals surface area contributed by atoms with Gasteiger partial charge >= 0.3 is 19.7 Å². The number of para-hydroxylation sites is 1. The number of amides is 3. The molecule has 36 heavy (non-hydrogen) atoms. The average Bonchev–Trinajstić information content (AvgIpc) is 3.44. The number of carbonyl (C=O) groups excluding carboxylic acids is 3. The number of imide groups is 1. The van der Waals surface area contributed by atoms with E-state index in [1.807, 2.05) is 0 Å². The number of hydrogen-bond donors (Lipinski definition) is 3. The fraction of sp³-hybridized carbons (Fsp3) is 0.591. The number of carbonyl (C=O) groups is 3. The maximum atomic E-state index is 13.6. The number of aliphatic hydroxyl groups excluding tert-OH is 1. The van der Waals surface area contributed by atoms with Crippen molar-refractivity contribution in [2.45, 2.75) is 56.3 Å². The summed E-state index contributed by atoms with van der Waals surface area (Å²) in [5, 5.41) is 16.0. The lowest BCUT2D eigenvalue weighted by molar-refractivity contribution is -0.143. The van der Waals surface area contributed by atoms with Crippen molar-refractivity contribution in [2.75, 3.05) is 26.9 Å². The average molecular weight is 527 g/mol. The van der Waals surface area contributed by atoms with Crippen LogP contribution >= 0.6 is 7.75 Å². The molecule has 0 aliphatic carbocycles. The molecule has 4 rings (SSSR count). The summed E-state index contributed by atoms with van der Waals surface area (Å²) in [6, 6.07) is 6.54. The number of rotatable bonds is 9. The number of esters is 1. The van der Waals surface area contributed by atoms with Gasteiger partial charge in [-0.25, -0.2) is 9.36 Å². The van der Waals surface area contributed by atoms with E-state index in [1.165, 1.54) is 18.9 Å². The molecule has 6 atom stereocenters. The number of hydrogen-bond acceptors (Lipinski definition) is 10. The number of benzene rings is 1. The molecule has 0 saturated carbocycles. The third-order valence-corrected chi connectivity index (χ3v) is 7.95. The van der Waals surface area contributed by atoms with E-state index in [-0.39, 0.29) is 18.7 Å². The number of ether oxygens (including phenoxy) is 3. The van der Waals surface area contributed by atoms with Gasteiger partial charge in [0.2, 0.25) is 5.91 Å². The Labute approximate surface area is 207 Å². The van der Waals surface area contributed by atoms with Crippen LogP contribution in [-0.4, -0.2) is 84.9 Å². The molecule has 13 nitrogen and oxygen atoms in total. The molecule has 3 saturated heterocycles. The van der Waals surface area contributed by atoms with Gasteiger partial charge < -0.3 is 23.8 Å². The summed E-state index contributed by atoms with van der Waals surface area (Å²) >= 11 is 0. The molecule has 14 heteroatoms. The second kappa shape index (κ2) is 10.8. The smallest absolute Gasteiger partial charge is 0.459 e. The van der Waals surface area contributed by atoms with Crippen LogP contribution in [-0.2, 0) is 32.9 Å². The van der Waals surface area contributed by atoms with Gasteiger partial charge in [-0.2, -0.15) is 5.09 Å². The normalized spacial score (nSPS) is 30.6. The molecule has 3 fully saturated rings. The van der Waals surface area contributed by atoms with Crippen molar-refractivity contribution in [1.82, 2.24) is 15.3 Å². The van der Waals surface area contributed by atoms with Crippen LogP contribution in [0.25, 0.3) is 0 Å². The number of methoxy groups -OCH3 is 1. The van der Waals surface area contributed by atoms with Crippen LogP contribution in [0, 0.1) is 0 Å². The number of aliphatic hydroxyl groups is 1. The Balaban J connectivity index is 1.52. The first-order valence-corrected chi connectivity index (χ1v) is 13.1. The standard InChI is InChI=1S/C22H30N3O10P/c1-14(19(28)31-2)24-36(30,35-15-7-4-3-5-8-15)33-13-16-18(27)22(10-6-12-32-22)20(34-16)25-11-9-17(26)23-21(25)29/h3-5,7-8,14,16,18,20,27H,6,9-13H2,1-2H3,(H,24,30)(H,23,26,29)/t14-,16?,18+,20?,22+,36?/m0/s1. The fourth-order valence-corrected chi connectivity index (χ4v) is 6.05. The number of urea groups is 1. The zero-order valence-corrected chi connectivity index (χ0v) is 20.8. The van der Waals surface area contributed by atoms with E-state index in [9.17, 15) is 24.1 Å².